The van der Waals surface area contributed by atoms with Gasteiger partial charge in [0.05, 0.1) is 4.90 Å². The average molecular weight is 340 g/mol. The highest BCUT2D eigenvalue weighted by Crippen LogP contribution is 2.27. The van der Waals surface area contributed by atoms with Crippen LogP contribution in [0.3, 0.4) is 0 Å². The first-order valence-electron chi connectivity index (χ1n) is 7.70. The van der Waals surface area contributed by atoms with Crippen molar-refractivity contribution in [1.29, 1.82) is 0 Å². The first-order chi connectivity index (χ1) is 11.7. The number of hydrogen-bond acceptors (Lipinski definition) is 5. The fraction of sp³-hybridized carbons (Fsp3) is 0.111. The number of benzene rings is 2. The number of nitrogens with two attached hydrogens (primary N) is 1. The van der Waals surface area contributed by atoms with E-state index in [0.717, 1.165) is 28.3 Å². The van der Waals surface area contributed by atoms with Crippen molar-refractivity contribution >= 4 is 29.2 Å². The first kappa shape index (κ1) is 16.4. The summed E-state index contributed by atoms with van der Waals surface area (Å²) in [6, 6.07) is 16.2. The maximum absolute atomic E-state index is 6.09. The lowest BCUT2D eigenvalue weighted by Crippen LogP contribution is -2.40. The molecule has 0 saturated heterocycles. The van der Waals surface area contributed by atoms with Crippen molar-refractivity contribution in [3.05, 3.63) is 72.1 Å². The molecule has 1 aliphatic heterocycles. The van der Waals surface area contributed by atoms with Crippen molar-refractivity contribution in [3.63, 3.8) is 0 Å². The van der Waals surface area contributed by atoms with Crippen molar-refractivity contribution in [2.45, 2.75) is 11.1 Å². The van der Waals surface area contributed by atoms with Gasteiger partial charge in [-0.05, 0) is 23.8 Å². The third-order valence-electron chi connectivity index (χ3n) is 3.86. The Balaban J connectivity index is 1.67. The molecule has 1 aliphatic rings. The van der Waals surface area contributed by atoms with E-state index in [1.54, 1.807) is 11.8 Å². The Labute approximate surface area is 146 Å². The lowest BCUT2D eigenvalue weighted by molar-refractivity contribution is -0.258. The number of hydrogen-bond donors (Lipinski definition) is 5. The molecule has 24 heavy (non-hydrogen) atoms. The lowest BCUT2D eigenvalue weighted by Gasteiger charge is -2.17. The zero-order chi connectivity index (χ0) is 16.9. The number of hydrazine groups is 1. The molecule has 3 rings (SSSR count). The highest BCUT2D eigenvalue weighted by molar-refractivity contribution is 7.99. The van der Waals surface area contributed by atoms with Crippen LogP contribution < -0.4 is 27.6 Å². The highest BCUT2D eigenvalue weighted by Gasteiger charge is 2.23. The monoisotopic (exact) mass is 340 g/mol. The largest absolute Gasteiger partial charge is 0.384 e. The van der Waals surface area contributed by atoms with Crippen molar-refractivity contribution < 1.29 is 5.73 Å². The quantitative estimate of drug-likeness (QED) is 0.519. The average Bonchev–Trinajstić information content (AvgIpc) is 2.95. The SMILES string of the molecule is C=Cc1ccc(NC2NNC(N)=C2CSc2ccccc2[NH3+])cc1. The fourth-order valence-corrected chi connectivity index (χ4v) is 3.50. The maximum atomic E-state index is 6.09. The van der Waals surface area contributed by atoms with E-state index < -0.39 is 0 Å². The molecule has 0 bridgehead atoms. The van der Waals surface area contributed by atoms with Crippen LogP contribution in [0.25, 0.3) is 6.08 Å². The fourth-order valence-electron chi connectivity index (χ4n) is 2.44. The molecule has 124 valence electrons. The Kier molecular flexibility index (Phi) is 5.10. The molecule has 0 amide bonds. The van der Waals surface area contributed by atoms with Gasteiger partial charge in [0, 0.05) is 23.1 Å². The molecule has 0 fully saturated rings. The molecule has 2 aromatic carbocycles. The van der Waals surface area contributed by atoms with Gasteiger partial charge in [-0.1, -0.05) is 36.9 Å². The number of thioether (sulfide) groups is 1. The summed E-state index contributed by atoms with van der Waals surface area (Å²) >= 11 is 1.73. The van der Waals surface area contributed by atoms with Gasteiger partial charge in [-0.3, -0.25) is 0 Å². The van der Waals surface area contributed by atoms with Gasteiger partial charge >= 0.3 is 0 Å². The van der Waals surface area contributed by atoms with Crippen molar-refractivity contribution in [2.24, 2.45) is 5.73 Å². The topological polar surface area (TPSA) is 89.8 Å². The molecule has 1 atom stereocenters. The molecule has 0 saturated carbocycles. The minimum absolute atomic E-state index is 0.0518. The predicted octanol–water partition coefficient (Wildman–Crippen LogP) is 2.01. The Morgan fingerprint density at radius 1 is 1.21 bits per heavy atom. The number of nitrogens with one attached hydrogen (secondary N) is 3. The summed E-state index contributed by atoms with van der Waals surface area (Å²) in [6.45, 7) is 3.77. The van der Waals surface area contributed by atoms with E-state index in [9.17, 15) is 0 Å². The lowest BCUT2D eigenvalue weighted by atomic mass is 10.2. The molecule has 2 aromatic rings. The first-order valence-corrected chi connectivity index (χ1v) is 8.69. The smallest absolute Gasteiger partial charge is 0.141 e. The Morgan fingerprint density at radius 2 is 1.96 bits per heavy atom. The van der Waals surface area contributed by atoms with Crippen LogP contribution in [0.5, 0.6) is 0 Å². The molecule has 0 spiro atoms. The van der Waals surface area contributed by atoms with Crippen LogP contribution in [0.2, 0.25) is 0 Å². The van der Waals surface area contributed by atoms with E-state index in [2.05, 4.69) is 34.5 Å². The normalized spacial score (nSPS) is 16.8. The molecule has 1 heterocycles. The van der Waals surface area contributed by atoms with Gasteiger partial charge in [-0.2, -0.15) is 0 Å². The van der Waals surface area contributed by atoms with Gasteiger partial charge in [0.2, 0.25) is 0 Å². The second-order valence-electron chi connectivity index (χ2n) is 5.51. The van der Waals surface area contributed by atoms with Crippen LogP contribution in [-0.4, -0.2) is 11.9 Å². The zero-order valence-electron chi connectivity index (χ0n) is 13.4. The Morgan fingerprint density at radius 3 is 2.67 bits per heavy atom. The van der Waals surface area contributed by atoms with Gasteiger partial charge < -0.3 is 22.2 Å². The highest BCUT2D eigenvalue weighted by atomic mass is 32.2. The predicted molar refractivity (Wildman–Crippen MR) is 101 cm³/mol. The van der Waals surface area contributed by atoms with E-state index in [-0.39, 0.29) is 6.17 Å². The molecule has 1 unspecified atom stereocenters. The van der Waals surface area contributed by atoms with Crippen molar-refractivity contribution in [3.8, 4) is 0 Å². The standard InChI is InChI=1S/C18H21N5S/c1-2-12-7-9-13(10-8-12)21-18-14(17(20)22-23-18)11-24-16-6-4-3-5-15(16)19/h2-10,18,21-23H,1,11,19-20H2/p+1. The van der Waals surface area contributed by atoms with Crippen LogP contribution in [0.1, 0.15) is 5.56 Å². The summed E-state index contributed by atoms with van der Waals surface area (Å²) in [5.41, 5.74) is 20.6. The van der Waals surface area contributed by atoms with E-state index >= 15 is 0 Å². The molecule has 6 heteroatoms. The summed E-state index contributed by atoms with van der Waals surface area (Å²) in [5, 5.41) is 3.45. The summed E-state index contributed by atoms with van der Waals surface area (Å²) in [7, 11) is 0. The van der Waals surface area contributed by atoms with Crippen LogP contribution in [0.4, 0.5) is 11.4 Å². The van der Waals surface area contributed by atoms with E-state index in [1.165, 1.54) is 4.90 Å². The van der Waals surface area contributed by atoms with E-state index in [4.69, 9.17) is 5.73 Å². The van der Waals surface area contributed by atoms with Crippen LogP contribution in [0, 0.1) is 0 Å². The minimum Gasteiger partial charge on any atom is -0.384 e. The Bertz CT molecular complexity index is 754. The second kappa shape index (κ2) is 7.44. The zero-order valence-corrected chi connectivity index (χ0v) is 14.2. The number of quaternary nitrogens is 1. The molecule has 0 aliphatic carbocycles. The second-order valence-corrected chi connectivity index (χ2v) is 6.53. The molecule has 0 radical (unpaired) electrons. The summed E-state index contributed by atoms with van der Waals surface area (Å²) in [5.74, 6) is 1.45. The van der Waals surface area contributed by atoms with Gasteiger partial charge in [-0.15, -0.1) is 11.8 Å². The Hall–Kier alpha value is -2.41. The van der Waals surface area contributed by atoms with E-state index in [1.807, 2.05) is 48.5 Å². The van der Waals surface area contributed by atoms with Crippen molar-refractivity contribution in [1.82, 2.24) is 10.9 Å². The third-order valence-corrected chi connectivity index (χ3v) is 5.02. The van der Waals surface area contributed by atoms with Gasteiger partial charge in [0.1, 0.15) is 17.7 Å². The molecule has 0 aromatic heterocycles. The number of anilines is 1. The summed E-state index contributed by atoms with van der Waals surface area (Å²) in [4.78, 5) is 1.17. The molecular weight excluding hydrogens is 318 g/mol. The van der Waals surface area contributed by atoms with Gasteiger partial charge in [0.15, 0.2) is 0 Å². The van der Waals surface area contributed by atoms with Gasteiger partial charge in [0.25, 0.3) is 0 Å². The third kappa shape index (κ3) is 3.73. The molecule has 8 N–H and O–H groups in total. The van der Waals surface area contributed by atoms with Gasteiger partial charge in [-0.25, -0.2) is 5.43 Å². The van der Waals surface area contributed by atoms with E-state index in [0.29, 0.717) is 5.82 Å². The maximum Gasteiger partial charge on any atom is 0.141 e. The molecular formula is C18H22N5S+. The molecule has 5 nitrogen and oxygen atoms in total. The van der Waals surface area contributed by atoms with Crippen LogP contribution in [0.15, 0.2) is 71.4 Å². The minimum atomic E-state index is -0.0518. The van der Waals surface area contributed by atoms with Crippen LogP contribution in [-0.2, 0) is 0 Å². The van der Waals surface area contributed by atoms with Crippen molar-refractivity contribution in [2.75, 3.05) is 11.1 Å². The number of rotatable bonds is 6. The summed E-state index contributed by atoms with van der Waals surface area (Å²) < 4.78 is 0. The summed E-state index contributed by atoms with van der Waals surface area (Å²) in [6.07, 6.45) is 1.78. The van der Waals surface area contributed by atoms with Crippen LogP contribution >= 0.6 is 11.8 Å².